The average Bonchev–Trinajstić information content (AvgIpc) is 3.22. The van der Waals surface area contributed by atoms with E-state index in [1.807, 2.05) is 18.3 Å². The summed E-state index contributed by atoms with van der Waals surface area (Å²) < 4.78 is 2.35. The molecule has 1 N–H and O–H groups in total. The van der Waals surface area contributed by atoms with Crippen LogP contribution in [0.4, 0.5) is 0 Å². The van der Waals surface area contributed by atoms with Crippen LogP contribution >= 0.6 is 12.2 Å². The van der Waals surface area contributed by atoms with Gasteiger partial charge in [-0.25, -0.2) is 0 Å². The van der Waals surface area contributed by atoms with Crippen molar-refractivity contribution in [2.24, 2.45) is 0 Å². The standard InChI is InChI=1S/C25H31N5S/c1-17-9-8-10-20(15-17)30-18(2)16-21(19(30)3)24-23(22-11-6-7-12-26-22)27-25(31)29(24)14-13-28(4)5/h6-12,15-16,23-24H,13-14H2,1-5H3,(H,27,31)/t23-,24-/m0/s1. The summed E-state index contributed by atoms with van der Waals surface area (Å²) in [6.07, 6.45) is 1.86. The van der Waals surface area contributed by atoms with Crippen LogP contribution in [0.3, 0.4) is 0 Å². The Bertz CT molecular complexity index is 1070. The Morgan fingerprint density at radius 2 is 1.87 bits per heavy atom. The lowest BCUT2D eigenvalue weighted by Crippen LogP contribution is -2.35. The van der Waals surface area contributed by atoms with E-state index in [0.29, 0.717) is 0 Å². The Morgan fingerprint density at radius 1 is 1.06 bits per heavy atom. The zero-order valence-electron chi connectivity index (χ0n) is 19.0. The molecule has 0 aliphatic carbocycles. The van der Waals surface area contributed by atoms with Gasteiger partial charge in [-0.2, -0.15) is 0 Å². The maximum absolute atomic E-state index is 5.80. The third kappa shape index (κ3) is 4.23. The van der Waals surface area contributed by atoms with Crippen LogP contribution in [-0.4, -0.2) is 51.6 Å². The van der Waals surface area contributed by atoms with Crippen molar-refractivity contribution in [3.63, 3.8) is 0 Å². The van der Waals surface area contributed by atoms with Gasteiger partial charge in [-0.1, -0.05) is 18.2 Å². The van der Waals surface area contributed by atoms with Crippen LogP contribution in [0.15, 0.2) is 54.7 Å². The predicted molar refractivity (Wildman–Crippen MR) is 131 cm³/mol. The van der Waals surface area contributed by atoms with Crippen LogP contribution < -0.4 is 5.32 Å². The molecule has 0 saturated carbocycles. The number of aryl methyl sites for hydroxylation is 2. The SMILES string of the molecule is Cc1cccc(-n2c(C)cc([C@H]3[C@H](c4ccccn4)NC(=S)N3CCN(C)C)c2C)c1. The molecule has 1 saturated heterocycles. The molecule has 1 aliphatic heterocycles. The summed E-state index contributed by atoms with van der Waals surface area (Å²) in [6.45, 7) is 8.33. The van der Waals surface area contributed by atoms with Crippen LogP contribution in [0, 0.1) is 20.8 Å². The first-order valence-electron chi connectivity index (χ1n) is 10.8. The van der Waals surface area contributed by atoms with Crippen LogP contribution in [0.2, 0.25) is 0 Å². The van der Waals surface area contributed by atoms with Crippen LogP contribution in [0.25, 0.3) is 5.69 Å². The number of thiocarbonyl (C=S) groups is 1. The molecule has 3 aromatic rings. The van der Waals surface area contributed by atoms with Crippen LogP contribution in [-0.2, 0) is 0 Å². The summed E-state index contributed by atoms with van der Waals surface area (Å²) in [6, 6.07) is 17.2. The summed E-state index contributed by atoms with van der Waals surface area (Å²) in [7, 11) is 4.20. The van der Waals surface area contributed by atoms with E-state index in [9.17, 15) is 0 Å². The smallest absolute Gasteiger partial charge is 0.170 e. The number of hydrogen-bond donors (Lipinski definition) is 1. The quantitative estimate of drug-likeness (QED) is 0.586. The van der Waals surface area contributed by atoms with Crippen molar-refractivity contribution in [3.05, 3.63) is 82.9 Å². The van der Waals surface area contributed by atoms with Gasteiger partial charge >= 0.3 is 0 Å². The molecular weight excluding hydrogens is 402 g/mol. The van der Waals surface area contributed by atoms with Crippen molar-refractivity contribution in [1.29, 1.82) is 0 Å². The fraction of sp³-hybridized carbons (Fsp3) is 0.360. The van der Waals surface area contributed by atoms with Gasteiger partial charge in [0.1, 0.15) is 0 Å². The van der Waals surface area contributed by atoms with Gasteiger partial charge in [0.05, 0.1) is 17.8 Å². The van der Waals surface area contributed by atoms with E-state index in [2.05, 4.69) is 95.9 Å². The van der Waals surface area contributed by atoms with Gasteiger partial charge in [-0.15, -0.1) is 0 Å². The minimum absolute atomic E-state index is 0.0160. The van der Waals surface area contributed by atoms with Gasteiger partial charge in [0.15, 0.2) is 5.11 Å². The van der Waals surface area contributed by atoms with E-state index in [-0.39, 0.29) is 12.1 Å². The summed E-state index contributed by atoms with van der Waals surface area (Å²) in [4.78, 5) is 9.19. The van der Waals surface area contributed by atoms with E-state index in [1.54, 1.807) is 0 Å². The van der Waals surface area contributed by atoms with E-state index < -0.39 is 0 Å². The number of hydrogen-bond acceptors (Lipinski definition) is 3. The zero-order chi connectivity index (χ0) is 22.1. The Balaban J connectivity index is 1.81. The number of likely N-dealkylation sites (N-methyl/N-ethyl adjacent to an activating group) is 1. The highest BCUT2D eigenvalue weighted by molar-refractivity contribution is 7.80. The molecule has 5 nitrogen and oxygen atoms in total. The summed E-state index contributed by atoms with van der Waals surface area (Å²) in [5.41, 5.74) is 7.24. The van der Waals surface area contributed by atoms with E-state index >= 15 is 0 Å². The molecule has 1 fully saturated rings. The minimum Gasteiger partial charge on any atom is -0.352 e. The van der Waals surface area contributed by atoms with Gasteiger partial charge in [0.2, 0.25) is 0 Å². The fourth-order valence-electron chi connectivity index (χ4n) is 4.54. The van der Waals surface area contributed by atoms with Crippen molar-refractivity contribution in [2.45, 2.75) is 32.9 Å². The van der Waals surface area contributed by atoms with Crippen molar-refractivity contribution >= 4 is 17.3 Å². The molecule has 0 amide bonds. The third-order valence-corrected chi connectivity index (χ3v) is 6.39. The molecule has 3 heterocycles. The predicted octanol–water partition coefficient (Wildman–Crippen LogP) is 4.33. The number of aromatic nitrogens is 2. The lowest BCUT2D eigenvalue weighted by molar-refractivity contribution is 0.277. The van der Waals surface area contributed by atoms with Gasteiger partial charge in [0, 0.05) is 36.4 Å². The highest BCUT2D eigenvalue weighted by Crippen LogP contribution is 2.41. The number of benzene rings is 1. The van der Waals surface area contributed by atoms with Crippen molar-refractivity contribution in [3.8, 4) is 5.69 Å². The third-order valence-electron chi connectivity index (χ3n) is 6.03. The lowest BCUT2D eigenvalue weighted by atomic mass is 9.96. The number of rotatable bonds is 6. The topological polar surface area (TPSA) is 36.3 Å². The highest BCUT2D eigenvalue weighted by Gasteiger charge is 2.41. The normalized spacial score (nSPS) is 18.6. The molecule has 162 valence electrons. The molecule has 4 rings (SSSR count). The van der Waals surface area contributed by atoms with Gasteiger partial charge < -0.3 is 19.7 Å². The van der Waals surface area contributed by atoms with Gasteiger partial charge in [-0.3, -0.25) is 4.98 Å². The summed E-state index contributed by atoms with van der Waals surface area (Å²) in [5.74, 6) is 0. The number of pyridine rings is 1. The first-order chi connectivity index (χ1) is 14.9. The molecule has 0 unspecified atom stereocenters. The maximum Gasteiger partial charge on any atom is 0.170 e. The van der Waals surface area contributed by atoms with Crippen molar-refractivity contribution in [1.82, 2.24) is 24.7 Å². The Labute approximate surface area is 190 Å². The fourth-order valence-corrected chi connectivity index (χ4v) is 4.88. The molecule has 0 spiro atoms. The molecule has 0 radical (unpaired) electrons. The largest absolute Gasteiger partial charge is 0.352 e. The first kappa shape index (κ1) is 21.5. The Kier molecular flexibility index (Phi) is 6.12. The van der Waals surface area contributed by atoms with Crippen molar-refractivity contribution < 1.29 is 0 Å². The second-order valence-corrected chi connectivity index (χ2v) is 9.01. The molecule has 0 bridgehead atoms. The monoisotopic (exact) mass is 433 g/mol. The molecule has 1 aromatic carbocycles. The molecule has 2 aromatic heterocycles. The van der Waals surface area contributed by atoms with Gasteiger partial charge in [-0.05, 0) is 88.5 Å². The number of nitrogens with zero attached hydrogens (tertiary/aromatic N) is 4. The summed E-state index contributed by atoms with van der Waals surface area (Å²) in [5, 5.41) is 4.36. The molecule has 31 heavy (non-hydrogen) atoms. The van der Waals surface area contributed by atoms with E-state index in [1.165, 1.54) is 28.2 Å². The Morgan fingerprint density at radius 3 is 2.55 bits per heavy atom. The highest BCUT2D eigenvalue weighted by atomic mass is 32.1. The van der Waals surface area contributed by atoms with Crippen LogP contribution in [0.5, 0.6) is 0 Å². The molecule has 1 aliphatic rings. The molecule has 6 heteroatoms. The second kappa shape index (κ2) is 8.81. The maximum atomic E-state index is 5.80. The minimum atomic E-state index is 0.0160. The van der Waals surface area contributed by atoms with Gasteiger partial charge in [0.25, 0.3) is 0 Å². The zero-order valence-corrected chi connectivity index (χ0v) is 19.8. The first-order valence-corrected chi connectivity index (χ1v) is 11.2. The summed E-state index contributed by atoms with van der Waals surface area (Å²) >= 11 is 5.80. The molecule has 2 atom stereocenters. The lowest BCUT2D eigenvalue weighted by Gasteiger charge is -2.29. The second-order valence-electron chi connectivity index (χ2n) is 8.62. The van der Waals surface area contributed by atoms with E-state index in [0.717, 1.165) is 23.9 Å². The average molecular weight is 434 g/mol. The Hall–Kier alpha value is -2.70. The van der Waals surface area contributed by atoms with Crippen LogP contribution in [0.1, 0.15) is 40.3 Å². The van der Waals surface area contributed by atoms with E-state index in [4.69, 9.17) is 12.2 Å². The number of nitrogens with one attached hydrogen (secondary N) is 1. The molecular formula is C25H31N5S. The van der Waals surface area contributed by atoms with Crippen molar-refractivity contribution in [2.75, 3.05) is 27.2 Å².